The highest BCUT2D eigenvalue weighted by atomic mass is 19.1. The van der Waals surface area contributed by atoms with Gasteiger partial charge in [-0.25, -0.2) is 8.78 Å². The summed E-state index contributed by atoms with van der Waals surface area (Å²) in [7, 11) is 0. The third kappa shape index (κ3) is 4.57. The standard InChI is InChI=1S/C22H25F2NO5/c23-13-2-5-19-12(7-13)1-4-21(29-19)17(27)10-25-11-18(28)22-9-16(26)15-8-14(24)3-6-20(15)30-22/h2-3,5-8,16-18,21-22,25-28H,1,4,9-11H2/t16-,17+,18+,21-,22+/m1/s1. The van der Waals surface area contributed by atoms with Crippen LogP contribution in [0.25, 0.3) is 0 Å². The van der Waals surface area contributed by atoms with Gasteiger partial charge in [-0.3, -0.25) is 0 Å². The van der Waals surface area contributed by atoms with Crippen LogP contribution in [-0.4, -0.2) is 52.8 Å². The summed E-state index contributed by atoms with van der Waals surface area (Å²) in [6.45, 7) is 0.328. The lowest BCUT2D eigenvalue weighted by atomic mass is 9.96. The first-order valence-corrected chi connectivity index (χ1v) is 10.1. The summed E-state index contributed by atoms with van der Waals surface area (Å²) in [5.41, 5.74) is 1.16. The first kappa shape index (κ1) is 21.0. The number of benzene rings is 2. The molecule has 0 saturated heterocycles. The number of hydrogen-bond donors (Lipinski definition) is 4. The molecule has 0 unspecified atom stereocenters. The Balaban J connectivity index is 1.26. The number of aryl methyl sites for hydroxylation is 1. The minimum atomic E-state index is -0.930. The van der Waals surface area contributed by atoms with Crippen LogP contribution in [0, 0.1) is 11.6 Å². The molecule has 0 fully saturated rings. The maximum absolute atomic E-state index is 13.3. The van der Waals surface area contributed by atoms with Gasteiger partial charge in [-0.05, 0) is 54.8 Å². The van der Waals surface area contributed by atoms with Crippen molar-refractivity contribution in [3.63, 3.8) is 0 Å². The number of fused-ring (bicyclic) bond motifs is 2. The summed E-state index contributed by atoms with van der Waals surface area (Å²) in [5.74, 6) is 0.162. The zero-order chi connectivity index (χ0) is 21.3. The molecule has 2 heterocycles. The molecular weight excluding hydrogens is 396 g/mol. The van der Waals surface area contributed by atoms with Crippen molar-refractivity contribution in [1.82, 2.24) is 5.32 Å². The molecule has 2 aromatic rings. The van der Waals surface area contributed by atoms with Gasteiger partial charge < -0.3 is 30.1 Å². The van der Waals surface area contributed by atoms with Crippen LogP contribution < -0.4 is 14.8 Å². The quantitative estimate of drug-likeness (QED) is 0.569. The molecule has 0 aromatic heterocycles. The molecule has 8 heteroatoms. The number of halogens is 2. The number of rotatable bonds is 6. The molecule has 2 aliphatic rings. The molecule has 30 heavy (non-hydrogen) atoms. The second-order valence-corrected chi connectivity index (χ2v) is 7.83. The lowest BCUT2D eigenvalue weighted by molar-refractivity contribution is -0.0175. The third-order valence-electron chi connectivity index (χ3n) is 5.63. The Bertz CT molecular complexity index is 896. The molecule has 0 radical (unpaired) electrons. The van der Waals surface area contributed by atoms with E-state index < -0.39 is 36.3 Å². The fourth-order valence-corrected chi connectivity index (χ4v) is 3.97. The summed E-state index contributed by atoms with van der Waals surface area (Å²) < 4.78 is 38.1. The minimum absolute atomic E-state index is 0.138. The Morgan fingerprint density at radius 2 is 1.57 bits per heavy atom. The molecule has 2 aromatic carbocycles. The number of nitrogens with one attached hydrogen (secondary N) is 1. The van der Waals surface area contributed by atoms with E-state index in [1.54, 1.807) is 6.07 Å². The number of aliphatic hydroxyl groups is 3. The Labute approximate surface area is 173 Å². The smallest absolute Gasteiger partial charge is 0.129 e. The van der Waals surface area contributed by atoms with Crippen LogP contribution in [0.5, 0.6) is 11.5 Å². The van der Waals surface area contributed by atoms with E-state index in [1.165, 1.54) is 30.3 Å². The molecule has 5 atom stereocenters. The zero-order valence-electron chi connectivity index (χ0n) is 16.3. The predicted octanol–water partition coefficient (Wildman–Crippen LogP) is 1.85. The fraction of sp³-hybridized carbons (Fsp3) is 0.455. The first-order valence-electron chi connectivity index (χ1n) is 10.1. The van der Waals surface area contributed by atoms with Crippen LogP contribution in [0.4, 0.5) is 8.78 Å². The van der Waals surface area contributed by atoms with Crippen LogP contribution in [0.3, 0.4) is 0 Å². The topological polar surface area (TPSA) is 91.2 Å². The van der Waals surface area contributed by atoms with Crippen LogP contribution in [-0.2, 0) is 6.42 Å². The van der Waals surface area contributed by atoms with E-state index in [1.807, 2.05) is 0 Å². The van der Waals surface area contributed by atoms with Crippen LogP contribution in [0.1, 0.15) is 30.1 Å². The maximum Gasteiger partial charge on any atom is 0.129 e. The highest BCUT2D eigenvalue weighted by Gasteiger charge is 2.32. The molecule has 4 N–H and O–H groups in total. The summed E-state index contributed by atoms with van der Waals surface area (Å²) in [6.07, 6.45) is -2.43. The average molecular weight is 421 g/mol. The molecule has 0 amide bonds. The minimum Gasteiger partial charge on any atom is -0.487 e. The van der Waals surface area contributed by atoms with Gasteiger partial charge in [-0.1, -0.05) is 0 Å². The third-order valence-corrected chi connectivity index (χ3v) is 5.63. The van der Waals surface area contributed by atoms with Crippen molar-refractivity contribution in [2.75, 3.05) is 13.1 Å². The molecule has 0 aliphatic carbocycles. The van der Waals surface area contributed by atoms with Crippen LogP contribution >= 0.6 is 0 Å². The summed E-state index contributed by atoms with van der Waals surface area (Å²) in [6, 6.07) is 8.24. The van der Waals surface area contributed by atoms with Gasteiger partial charge in [0.2, 0.25) is 0 Å². The highest BCUT2D eigenvalue weighted by molar-refractivity contribution is 5.38. The second-order valence-electron chi connectivity index (χ2n) is 7.83. The SMILES string of the molecule is O[C@@H]1C[C@@H]([C@@H](O)CNC[C@H](O)[C@H]2CCc3cc(F)ccc3O2)Oc2ccc(F)cc21. The summed E-state index contributed by atoms with van der Waals surface area (Å²) in [4.78, 5) is 0. The van der Waals surface area contributed by atoms with E-state index in [-0.39, 0.29) is 25.3 Å². The Morgan fingerprint density at radius 3 is 2.33 bits per heavy atom. The van der Waals surface area contributed by atoms with Crippen LogP contribution in [0.15, 0.2) is 36.4 Å². The normalized spacial score (nSPS) is 24.8. The van der Waals surface area contributed by atoms with Crippen LogP contribution in [0.2, 0.25) is 0 Å². The maximum atomic E-state index is 13.3. The number of hydrogen-bond acceptors (Lipinski definition) is 6. The molecule has 162 valence electrons. The van der Waals surface area contributed by atoms with Gasteiger partial charge in [0.1, 0.15) is 47.5 Å². The predicted molar refractivity (Wildman–Crippen MR) is 104 cm³/mol. The Morgan fingerprint density at radius 1 is 0.933 bits per heavy atom. The van der Waals surface area contributed by atoms with Gasteiger partial charge in [0.05, 0.1) is 6.10 Å². The number of ether oxygens (including phenoxy) is 2. The van der Waals surface area contributed by atoms with Gasteiger partial charge in [0, 0.05) is 25.1 Å². The molecule has 0 bridgehead atoms. The van der Waals surface area contributed by atoms with E-state index in [0.717, 1.165) is 5.56 Å². The van der Waals surface area contributed by atoms with Crippen molar-refractivity contribution in [3.05, 3.63) is 59.2 Å². The van der Waals surface area contributed by atoms with Gasteiger partial charge in [0.25, 0.3) is 0 Å². The highest BCUT2D eigenvalue weighted by Crippen LogP contribution is 2.36. The van der Waals surface area contributed by atoms with E-state index >= 15 is 0 Å². The summed E-state index contributed by atoms with van der Waals surface area (Å²) >= 11 is 0. The van der Waals surface area contributed by atoms with Crippen molar-refractivity contribution < 1.29 is 33.6 Å². The molecule has 6 nitrogen and oxygen atoms in total. The molecular formula is C22H25F2NO5. The molecule has 0 saturated carbocycles. The number of aliphatic hydroxyl groups excluding tert-OH is 3. The Hall–Kier alpha value is -2.26. The van der Waals surface area contributed by atoms with Gasteiger partial charge >= 0.3 is 0 Å². The fourth-order valence-electron chi connectivity index (χ4n) is 3.97. The average Bonchev–Trinajstić information content (AvgIpc) is 2.73. The van der Waals surface area contributed by atoms with Crippen molar-refractivity contribution in [3.8, 4) is 11.5 Å². The van der Waals surface area contributed by atoms with Crippen molar-refractivity contribution >= 4 is 0 Å². The van der Waals surface area contributed by atoms with Crippen molar-refractivity contribution in [2.45, 2.75) is 49.8 Å². The molecule has 2 aliphatic heterocycles. The largest absolute Gasteiger partial charge is 0.487 e. The lowest BCUT2D eigenvalue weighted by Gasteiger charge is -2.33. The molecule has 4 rings (SSSR count). The zero-order valence-corrected chi connectivity index (χ0v) is 16.3. The van der Waals surface area contributed by atoms with Crippen molar-refractivity contribution in [2.24, 2.45) is 0 Å². The second kappa shape index (κ2) is 8.85. The van der Waals surface area contributed by atoms with E-state index in [4.69, 9.17) is 9.47 Å². The van der Waals surface area contributed by atoms with E-state index in [2.05, 4.69) is 5.32 Å². The molecule has 0 spiro atoms. The van der Waals surface area contributed by atoms with Crippen molar-refractivity contribution in [1.29, 1.82) is 0 Å². The Kier molecular flexibility index (Phi) is 6.19. The van der Waals surface area contributed by atoms with Gasteiger partial charge in [-0.2, -0.15) is 0 Å². The lowest BCUT2D eigenvalue weighted by Crippen LogP contribution is -2.46. The van der Waals surface area contributed by atoms with E-state index in [9.17, 15) is 24.1 Å². The monoisotopic (exact) mass is 421 g/mol. The van der Waals surface area contributed by atoms with Gasteiger partial charge in [0.15, 0.2) is 0 Å². The van der Waals surface area contributed by atoms with Gasteiger partial charge in [-0.15, -0.1) is 0 Å². The van der Waals surface area contributed by atoms with E-state index in [0.29, 0.717) is 29.9 Å². The first-order chi connectivity index (χ1) is 14.4. The summed E-state index contributed by atoms with van der Waals surface area (Å²) in [5, 5.41) is 34.1.